The van der Waals surface area contributed by atoms with Crippen LogP contribution in [0.5, 0.6) is 11.5 Å². The lowest BCUT2D eigenvalue weighted by Gasteiger charge is -2.08. The van der Waals surface area contributed by atoms with Crippen LogP contribution in [0.15, 0.2) is 54.6 Å². The van der Waals surface area contributed by atoms with Gasteiger partial charge in [-0.25, -0.2) is 14.4 Å². The van der Waals surface area contributed by atoms with Crippen LogP contribution in [0.4, 0.5) is 5.00 Å². The van der Waals surface area contributed by atoms with Crippen LogP contribution in [0.25, 0.3) is 0 Å². The van der Waals surface area contributed by atoms with Crippen LogP contribution in [0.1, 0.15) is 36.0 Å². The van der Waals surface area contributed by atoms with Crippen LogP contribution in [-0.2, 0) is 19.0 Å². The molecule has 0 fully saturated rings. The summed E-state index contributed by atoms with van der Waals surface area (Å²) in [5, 5.41) is 2.57. The van der Waals surface area contributed by atoms with Gasteiger partial charge in [0, 0.05) is 0 Å². The minimum Gasteiger partial charge on any atom is -0.465 e. The van der Waals surface area contributed by atoms with Crippen molar-refractivity contribution in [3.63, 3.8) is 0 Å². The van der Waals surface area contributed by atoms with E-state index in [0.717, 1.165) is 11.3 Å². The van der Waals surface area contributed by atoms with Crippen molar-refractivity contribution in [2.45, 2.75) is 6.92 Å². The van der Waals surface area contributed by atoms with Crippen LogP contribution in [0, 0.1) is 6.92 Å². The molecule has 1 amide bonds. The SMILES string of the molecule is COC(=O)c1sc(NC(=O)COC(=O)c2ccc(Oc3ccccc3)cc2)c(C(=O)OC)c1C. The first-order chi connectivity index (χ1) is 16.3. The summed E-state index contributed by atoms with van der Waals surface area (Å²) < 4.78 is 20.2. The number of methoxy groups -OCH3 is 2. The Kier molecular flexibility index (Phi) is 7.99. The molecule has 9 nitrogen and oxygen atoms in total. The van der Waals surface area contributed by atoms with Gasteiger partial charge in [0.25, 0.3) is 5.91 Å². The van der Waals surface area contributed by atoms with Crippen molar-refractivity contribution in [3.05, 3.63) is 76.2 Å². The minimum atomic E-state index is -0.728. The normalized spacial score (nSPS) is 10.2. The van der Waals surface area contributed by atoms with Crippen molar-refractivity contribution in [1.29, 1.82) is 0 Å². The smallest absolute Gasteiger partial charge is 0.348 e. The third-order valence-electron chi connectivity index (χ3n) is 4.56. The zero-order chi connectivity index (χ0) is 24.7. The second kappa shape index (κ2) is 11.1. The van der Waals surface area contributed by atoms with Crippen molar-refractivity contribution in [2.24, 2.45) is 0 Å². The zero-order valence-corrected chi connectivity index (χ0v) is 19.4. The summed E-state index contributed by atoms with van der Waals surface area (Å²) in [6.07, 6.45) is 0. The van der Waals surface area contributed by atoms with E-state index in [1.165, 1.54) is 33.3 Å². The summed E-state index contributed by atoms with van der Waals surface area (Å²) in [6.45, 7) is 0.933. The summed E-state index contributed by atoms with van der Waals surface area (Å²) in [4.78, 5) is 48.9. The Morgan fingerprint density at radius 2 is 1.44 bits per heavy atom. The molecular formula is C24H21NO8S. The lowest BCUT2D eigenvalue weighted by molar-refractivity contribution is -0.119. The lowest BCUT2D eigenvalue weighted by atomic mass is 10.1. The summed E-state index contributed by atoms with van der Waals surface area (Å²) in [6, 6.07) is 15.4. The molecule has 0 aliphatic carbocycles. The molecule has 1 N–H and O–H groups in total. The molecule has 0 unspecified atom stereocenters. The topological polar surface area (TPSA) is 117 Å². The van der Waals surface area contributed by atoms with E-state index in [2.05, 4.69) is 5.32 Å². The second-order valence-corrected chi connectivity index (χ2v) is 7.83. The number of amides is 1. The van der Waals surface area contributed by atoms with E-state index in [1.54, 1.807) is 24.3 Å². The zero-order valence-electron chi connectivity index (χ0n) is 18.6. The second-order valence-electron chi connectivity index (χ2n) is 6.81. The maximum absolute atomic E-state index is 12.4. The molecule has 2 aromatic carbocycles. The monoisotopic (exact) mass is 483 g/mol. The van der Waals surface area contributed by atoms with Gasteiger partial charge in [0.05, 0.1) is 25.3 Å². The van der Waals surface area contributed by atoms with E-state index in [9.17, 15) is 19.2 Å². The van der Waals surface area contributed by atoms with Gasteiger partial charge in [0.1, 0.15) is 21.4 Å². The summed E-state index contributed by atoms with van der Waals surface area (Å²) in [5.74, 6) is -1.61. The number of carbonyl (C=O) groups is 4. The largest absolute Gasteiger partial charge is 0.465 e. The number of hydrogen-bond acceptors (Lipinski definition) is 9. The standard InChI is InChI=1S/C24H21NO8S/c1-14-19(23(28)30-2)21(34-20(14)24(29)31-3)25-18(26)13-32-22(27)15-9-11-17(12-10-15)33-16-7-5-4-6-8-16/h4-12H,13H2,1-3H3,(H,25,26). The highest BCUT2D eigenvalue weighted by molar-refractivity contribution is 7.18. The minimum absolute atomic E-state index is 0.0292. The number of esters is 3. The van der Waals surface area contributed by atoms with Gasteiger partial charge >= 0.3 is 17.9 Å². The Hall–Kier alpha value is -4.18. The summed E-state index contributed by atoms with van der Waals surface area (Å²) >= 11 is 0.862. The van der Waals surface area contributed by atoms with Crippen LogP contribution in [-0.4, -0.2) is 44.6 Å². The molecule has 3 rings (SSSR count). The Balaban J connectivity index is 1.62. The maximum Gasteiger partial charge on any atom is 0.348 e. The van der Waals surface area contributed by atoms with Gasteiger partial charge in [0.2, 0.25) is 0 Å². The molecule has 0 saturated carbocycles. The highest BCUT2D eigenvalue weighted by Crippen LogP contribution is 2.34. The molecule has 0 atom stereocenters. The predicted octanol–water partition coefficient (Wildman–Crippen LogP) is 4.22. The number of benzene rings is 2. The third-order valence-corrected chi connectivity index (χ3v) is 5.75. The average molecular weight is 483 g/mol. The first kappa shape index (κ1) is 24.5. The number of para-hydroxylation sites is 1. The molecule has 176 valence electrons. The highest BCUT2D eigenvalue weighted by atomic mass is 32.1. The number of nitrogens with one attached hydrogen (secondary N) is 1. The Bertz CT molecular complexity index is 1200. The van der Waals surface area contributed by atoms with Crippen LogP contribution in [0.3, 0.4) is 0 Å². The van der Waals surface area contributed by atoms with E-state index in [1.807, 2.05) is 18.2 Å². The molecule has 1 heterocycles. The number of thiophene rings is 1. The van der Waals surface area contributed by atoms with Crippen molar-refractivity contribution < 1.29 is 38.1 Å². The van der Waals surface area contributed by atoms with Gasteiger partial charge in [-0.05, 0) is 48.9 Å². The molecule has 34 heavy (non-hydrogen) atoms. The first-order valence-electron chi connectivity index (χ1n) is 9.94. The number of hydrogen-bond donors (Lipinski definition) is 1. The van der Waals surface area contributed by atoms with Gasteiger partial charge < -0.3 is 24.3 Å². The fourth-order valence-electron chi connectivity index (χ4n) is 2.90. The van der Waals surface area contributed by atoms with Crippen molar-refractivity contribution >= 4 is 40.2 Å². The van der Waals surface area contributed by atoms with Crippen molar-refractivity contribution in [2.75, 3.05) is 26.1 Å². The predicted molar refractivity (Wildman–Crippen MR) is 124 cm³/mol. The number of carbonyl (C=O) groups excluding carboxylic acids is 4. The average Bonchev–Trinajstić information content (AvgIpc) is 3.18. The van der Waals surface area contributed by atoms with Gasteiger partial charge in [-0.1, -0.05) is 18.2 Å². The number of rotatable bonds is 8. The van der Waals surface area contributed by atoms with Crippen molar-refractivity contribution in [1.82, 2.24) is 0 Å². The molecule has 0 aliphatic heterocycles. The van der Waals surface area contributed by atoms with Gasteiger partial charge in [-0.15, -0.1) is 11.3 Å². The van der Waals surface area contributed by atoms with E-state index in [-0.39, 0.29) is 21.0 Å². The molecule has 0 radical (unpaired) electrons. The fraction of sp³-hybridized carbons (Fsp3) is 0.167. The summed E-state index contributed by atoms with van der Waals surface area (Å²) in [7, 11) is 2.39. The Labute approximate surface area is 199 Å². The van der Waals surface area contributed by atoms with Gasteiger partial charge in [0.15, 0.2) is 6.61 Å². The maximum atomic E-state index is 12.4. The highest BCUT2D eigenvalue weighted by Gasteiger charge is 2.27. The Morgan fingerprint density at radius 1 is 0.824 bits per heavy atom. The third kappa shape index (κ3) is 5.78. The van der Waals surface area contributed by atoms with Gasteiger partial charge in [-0.2, -0.15) is 0 Å². The Morgan fingerprint density at radius 3 is 2.06 bits per heavy atom. The van der Waals surface area contributed by atoms with Crippen LogP contribution >= 0.6 is 11.3 Å². The number of anilines is 1. The molecule has 10 heteroatoms. The number of ether oxygens (including phenoxy) is 4. The van der Waals surface area contributed by atoms with E-state index >= 15 is 0 Å². The molecule has 1 aromatic heterocycles. The van der Waals surface area contributed by atoms with E-state index in [0.29, 0.717) is 17.1 Å². The fourth-order valence-corrected chi connectivity index (χ4v) is 4.03. The lowest BCUT2D eigenvalue weighted by Crippen LogP contribution is -2.21. The quantitative estimate of drug-likeness (QED) is 0.374. The molecule has 0 saturated heterocycles. The first-order valence-corrected chi connectivity index (χ1v) is 10.8. The van der Waals surface area contributed by atoms with Gasteiger partial charge in [-0.3, -0.25) is 4.79 Å². The van der Waals surface area contributed by atoms with Crippen LogP contribution in [0.2, 0.25) is 0 Å². The van der Waals surface area contributed by atoms with Crippen molar-refractivity contribution in [3.8, 4) is 11.5 Å². The molecular weight excluding hydrogens is 462 g/mol. The molecule has 3 aromatic rings. The van der Waals surface area contributed by atoms with Crippen LogP contribution < -0.4 is 10.1 Å². The molecule has 0 spiro atoms. The van der Waals surface area contributed by atoms with E-state index < -0.39 is 30.4 Å². The molecule has 0 aliphatic rings. The summed E-state index contributed by atoms with van der Waals surface area (Å²) in [5.41, 5.74) is 0.568. The van der Waals surface area contributed by atoms with E-state index in [4.69, 9.17) is 18.9 Å². The molecule has 0 bridgehead atoms.